The topological polar surface area (TPSA) is 49.4 Å². The van der Waals surface area contributed by atoms with E-state index in [1.807, 2.05) is 39.0 Å². The van der Waals surface area contributed by atoms with E-state index < -0.39 is 17.4 Å². The number of carbonyl (C=O) groups is 2. The number of benzene rings is 2. The average Bonchev–Trinajstić information content (AvgIpc) is 2.67. The summed E-state index contributed by atoms with van der Waals surface area (Å²) < 4.78 is 14.0. The first-order valence-corrected chi connectivity index (χ1v) is 11.8. The molecule has 0 fully saturated rings. The number of amides is 2. The van der Waals surface area contributed by atoms with Gasteiger partial charge in [0.05, 0.1) is 5.75 Å². The Kier molecular flexibility index (Phi) is 9.22. The van der Waals surface area contributed by atoms with E-state index in [1.165, 1.54) is 28.8 Å². The van der Waals surface area contributed by atoms with Crippen LogP contribution in [0.2, 0.25) is 10.0 Å². The van der Waals surface area contributed by atoms with Gasteiger partial charge in [0.1, 0.15) is 11.9 Å². The third-order valence-corrected chi connectivity index (χ3v) is 6.16. The molecule has 0 spiro atoms. The van der Waals surface area contributed by atoms with Gasteiger partial charge >= 0.3 is 0 Å². The molecule has 0 bridgehead atoms. The molecule has 0 aromatic heterocycles. The second-order valence-corrected chi connectivity index (χ2v) is 10.0. The van der Waals surface area contributed by atoms with Crippen LogP contribution in [0.25, 0.3) is 0 Å². The van der Waals surface area contributed by atoms with Crippen LogP contribution in [0, 0.1) is 5.82 Å². The van der Waals surface area contributed by atoms with Crippen LogP contribution in [0.3, 0.4) is 0 Å². The van der Waals surface area contributed by atoms with Crippen molar-refractivity contribution in [3.8, 4) is 0 Å². The minimum atomic E-state index is -0.708. The molecule has 168 valence electrons. The summed E-state index contributed by atoms with van der Waals surface area (Å²) in [7, 11) is 0. The van der Waals surface area contributed by atoms with Crippen molar-refractivity contribution in [2.45, 2.75) is 51.6 Å². The molecule has 0 aliphatic rings. The van der Waals surface area contributed by atoms with Crippen molar-refractivity contribution in [1.29, 1.82) is 0 Å². The SMILES string of the molecule is C[C@H](C(=O)NC(C)(C)C)N(Cc1ccccc1Cl)C(=O)CSCc1c(F)cccc1Cl. The molecule has 2 amide bonds. The lowest BCUT2D eigenvalue weighted by molar-refractivity contribution is -0.139. The summed E-state index contributed by atoms with van der Waals surface area (Å²) >= 11 is 13.6. The van der Waals surface area contributed by atoms with Gasteiger partial charge in [-0.25, -0.2) is 4.39 Å². The van der Waals surface area contributed by atoms with Gasteiger partial charge < -0.3 is 10.2 Å². The number of halogens is 3. The summed E-state index contributed by atoms with van der Waals surface area (Å²) in [6, 6.07) is 11.0. The Balaban J connectivity index is 2.15. The van der Waals surface area contributed by atoms with Crippen LogP contribution in [0.4, 0.5) is 4.39 Å². The molecule has 0 aliphatic heterocycles. The van der Waals surface area contributed by atoms with Crippen LogP contribution < -0.4 is 5.32 Å². The van der Waals surface area contributed by atoms with E-state index >= 15 is 0 Å². The first-order valence-electron chi connectivity index (χ1n) is 9.85. The van der Waals surface area contributed by atoms with E-state index in [-0.39, 0.29) is 29.9 Å². The molecule has 31 heavy (non-hydrogen) atoms. The summed E-state index contributed by atoms with van der Waals surface area (Å²) in [4.78, 5) is 27.3. The van der Waals surface area contributed by atoms with Crippen molar-refractivity contribution in [3.05, 3.63) is 69.5 Å². The molecular weight excluding hydrogens is 458 g/mol. The van der Waals surface area contributed by atoms with Crippen molar-refractivity contribution < 1.29 is 14.0 Å². The van der Waals surface area contributed by atoms with Gasteiger partial charge in [-0.15, -0.1) is 11.8 Å². The monoisotopic (exact) mass is 484 g/mol. The Labute approximate surface area is 197 Å². The highest BCUT2D eigenvalue weighted by Crippen LogP contribution is 2.25. The van der Waals surface area contributed by atoms with Crippen molar-refractivity contribution in [3.63, 3.8) is 0 Å². The molecule has 2 aromatic rings. The van der Waals surface area contributed by atoms with Crippen molar-refractivity contribution in [2.75, 3.05) is 5.75 Å². The van der Waals surface area contributed by atoms with Crippen LogP contribution in [0.15, 0.2) is 42.5 Å². The standard InChI is InChI=1S/C23H27Cl2FN2O2S/c1-15(22(30)27-23(2,3)4)28(12-16-8-5-6-9-18(16)24)21(29)14-31-13-17-19(25)10-7-11-20(17)26/h5-11,15H,12-14H2,1-4H3,(H,27,30)/t15-/m1/s1. The van der Waals surface area contributed by atoms with Crippen molar-refractivity contribution >= 4 is 46.8 Å². The minimum absolute atomic E-state index is 0.0717. The molecule has 0 saturated heterocycles. The van der Waals surface area contributed by atoms with E-state index in [0.29, 0.717) is 15.6 Å². The molecular formula is C23H27Cl2FN2O2S. The molecule has 0 heterocycles. The van der Waals surface area contributed by atoms with Crippen LogP contribution in [-0.4, -0.2) is 34.0 Å². The fourth-order valence-corrected chi connectivity index (χ4v) is 4.30. The predicted octanol–water partition coefficient (Wildman–Crippen LogP) is 5.70. The van der Waals surface area contributed by atoms with E-state index in [9.17, 15) is 14.0 Å². The zero-order valence-electron chi connectivity index (χ0n) is 18.0. The van der Waals surface area contributed by atoms with Gasteiger partial charge in [0.15, 0.2) is 0 Å². The molecule has 8 heteroatoms. The fourth-order valence-electron chi connectivity index (χ4n) is 2.86. The lowest BCUT2D eigenvalue weighted by Crippen LogP contribution is -2.52. The van der Waals surface area contributed by atoms with Gasteiger partial charge in [0.25, 0.3) is 0 Å². The highest BCUT2D eigenvalue weighted by Gasteiger charge is 2.28. The number of nitrogens with one attached hydrogen (secondary N) is 1. The molecule has 2 rings (SSSR count). The highest BCUT2D eigenvalue weighted by atomic mass is 35.5. The van der Waals surface area contributed by atoms with Crippen LogP contribution in [0.1, 0.15) is 38.8 Å². The van der Waals surface area contributed by atoms with Gasteiger partial charge in [0.2, 0.25) is 11.8 Å². The highest BCUT2D eigenvalue weighted by molar-refractivity contribution is 7.99. The molecule has 0 saturated carbocycles. The summed E-state index contributed by atoms with van der Waals surface area (Å²) in [5.74, 6) is -0.579. The maximum Gasteiger partial charge on any atom is 0.242 e. The maximum atomic E-state index is 14.0. The molecule has 1 atom stereocenters. The average molecular weight is 485 g/mol. The predicted molar refractivity (Wildman–Crippen MR) is 127 cm³/mol. The summed E-state index contributed by atoms with van der Waals surface area (Å²) in [5, 5.41) is 3.76. The van der Waals surface area contributed by atoms with Crippen LogP contribution in [0.5, 0.6) is 0 Å². The Hall–Kier alpha value is -1.76. The zero-order chi connectivity index (χ0) is 23.2. The fraction of sp³-hybridized carbons (Fsp3) is 0.391. The number of thioether (sulfide) groups is 1. The number of rotatable bonds is 8. The largest absolute Gasteiger partial charge is 0.350 e. The zero-order valence-corrected chi connectivity index (χ0v) is 20.4. The van der Waals surface area contributed by atoms with Gasteiger partial charge in [-0.05, 0) is 51.5 Å². The number of carbonyl (C=O) groups excluding carboxylic acids is 2. The second kappa shape index (κ2) is 11.2. The first-order chi connectivity index (χ1) is 14.5. The van der Waals surface area contributed by atoms with Gasteiger partial charge in [-0.3, -0.25) is 9.59 Å². The summed E-state index contributed by atoms with van der Waals surface area (Å²) in [5.41, 5.74) is 0.675. The van der Waals surface area contributed by atoms with Gasteiger partial charge in [0, 0.05) is 33.4 Å². The molecule has 1 N–H and O–H groups in total. The Morgan fingerprint density at radius 1 is 1.10 bits per heavy atom. The van der Waals surface area contributed by atoms with Crippen LogP contribution in [-0.2, 0) is 21.9 Å². The third-order valence-electron chi connectivity index (χ3n) is 4.50. The normalized spacial score (nSPS) is 12.4. The molecule has 2 aromatic carbocycles. The minimum Gasteiger partial charge on any atom is -0.350 e. The quantitative estimate of drug-likeness (QED) is 0.522. The van der Waals surface area contributed by atoms with Gasteiger partial charge in [-0.1, -0.05) is 47.5 Å². The molecule has 0 aliphatic carbocycles. The summed E-state index contributed by atoms with van der Waals surface area (Å²) in [6.07, 6.45) is 0. The third kappa shape index (κ3) is 7.70. The number of nitrogens with zero attached hydrogens (tertiary/aromatic N) is 1. The van der Waals surface area contributed by atoms with E-state index in [4.69, 9.17) is 23.2 Å². The Morgan fingerprint density at radius 3 is 2.35 bits per heavy atom. The molecule has 0 radical (unpaired) electrons. The van der Waals surface area contributed by atoms with E-state index in [1.54, 1.807) is 19.1 Å². The maximum absolute atomic E-state index is 14.0. The molecule has 0 unspecified atom stereocenters. The van der Waals surface area contributed by atoms with E-state index in [0.717, 1.165) is 5.56 Å². The molecule has 4 nitrogen and oxygen atoms in total. The summed E-state index contributed by atoms with van der Waals surface area (Å²) in [6.45, 7) is 7.52. The van der Waals surface area contributed by atoms with Gasteiger partial charge in [-0.2, -0.15) is 0 Å². The first kappa shape index (κ1) is 25.5. The lowest BCUT2D eigenvalue weighted by atomic mass is 10.1. The van der Waals surface area contributed by atoms with Crippen molar-refractivity contribution in [2.24, 2.45) is 0 Å². The Morgan fingerprint density at radius 2 is 1.74 bits per heavy atom. The smallest absolute Gasteiger partial charge is 0.242 e. The number of hydrogen-bond acceptors (Lipinski definition) is 3. The lowest BCUT2D eigenvalue weighted by Gasteiger charge is -2.31. The Bertz CT molecular complexity index is 914. The second-order valence-electron chi connectivity index (χ2n) is 8.22. The number of hydrogen-bond donors (Lipinski definition) is 1. The van der Waals surface area contributed by atoms with Crippen molar-refractivity contribution in [1.82, 2.24) is 10.2 Å². The van der Waals surface area contributed by atoms with E-state index in [2.05, 4.69) is 5.32 Å². The van der Waals surface area contributed by atoms with Crippen LogP contribution >= 0.6 is 35.0 Å².